The van der Waals surface area contributed by atoms with Crippen LogP contribution in [0.3, 0.4) is 0 Å². The Morgan fingerprint density at radius 2 is 2.30 bits per heavy atom. The number of thioether (sulfide) groups is 1. The molecule has 23 heavy (non-hydrogen) atoms. The molecule has 2 aromatic heterocycles. The molecule has 0 bridgehead atoms. The average Bonchev–Trinajstić information content (AvgIpc) is 3.07. The zero-order chi connectivity index (χ0) is 16.1. The van der Waals surface area contributed by atoms with Crippen molar-refractivity contribution in [3.63, 3.8) is 0 Å². The molecule has 1 N–H and O–H groups in total. The molecule has 1 fully saturated rings. The molecular formula is C16H20N4OS2. The number of amides is 1. The summed E-state index contributed by atoms with van der Waals surface area (Å²) < 4.78 is 0.932. The molecule has 0 atom stereocenters. The van der Waals surface area contributed by atoms with Crippen molar-refractivity contribution in [1.29, 1.82) is 0 Å². The fourth-order valence-electron chi connectivity index (χ4n) is 2.70. The molecule has 2 aromatic rings. The molecule has 1 saturated heterocycles. The summed E-state index contributed by atoms with van der Waals surface area (Å²) in [5.74, 6) is -0.0488. The number of nitrogens with zero attached hydrogens (tertiary/aromatic N) is 3. The van der Waals surface area contributed by atoms with Crippen LogP contribution in [0.1, 0.15) is 28.9 Å². The maximum Gasteiger partial charge on any atom is 0.271 e. The molecule has 0 spiro atoms. The first-order valence-electron chi connectivity index (χ1n) is 7.66. The molecule has 0 radical (unpaired) electrons. The highest BCUT2D eigenvalue weighted by Crippen LogP contribution is 2.20. The van der Waals surface area contributed by atoms with E-state index in [4.69, 9.17) is 0 Å². The predicted molar refractivity (Wildman–Crippen MR) is 93.9 cm³/mol. The summed E-state index contributed by atoms with van der Waals surface area (Å²) in [5, 5.41) is 4.95. The summed E-state index contributed by atoms with van der Waals surface area (Å²) in [4.78, 5) is 23.1. The van der Waals surface area contributed by atoms with Crippen LogP contribution in [0.2, 0.25) is 0 Å². The number of likely N-dealkylation sites (tertiary alicyclic amines) is 1. The van der Waals surface area contributed by atoms with Crippen LogP contribution in [-0.4, -0.2) is 46.2 Å². The standard InChI is InChI=1S/C16H20N4OS2/c1-22-16-19-14(11-23-16)15(21)18-13-4-7-20(8-5-13)10-12-3-2-6-17-9-12/h2-3,6,9,11,13H,4-5,7-8,10H2,1H3,(H,18,21). The Labute approximate surface area is 144 Å². The summed E-state index contributed by atoms with van der Waals surface area (Å²) in [5.41, 5.74) is 1.78. The van der Waals surface area contributed by atoms with Gasteiger partial charge in [0.05, 0.1) is 0 Å². The molecule has 122 valence electrons. The topological polar surface area (TPSA) is 58.1 Å². The number of aromatic nitrogens is 2. The first kappa shape index (κ1) is 16.4. The van der Waals surface area contributed by atoms with Crippen LogP contribution in [-0.2, 0) is 6.54 Å². The lowest BCUT2D eigenvalue weighted by Gasteiger charge is -2.32. The van der Waals surface area contributed by atoms with Gasteiger partial charge in [-0.3, -0.25) is 14.7 Å². The number of carbonyl (C=O) groups excluding carboxylic acids is 1. The van der Waals surface area contributed by atoms with Gasteiger partial charge in [0.15, 0.2) is 0 Å². The average molecular weight is 348 g/mol. The van der Waals surface area contributed by atoms with E-state index in [0.29, 0.717) is 5.69 Å². The highest BCUT2D eigenvalue weighted by Gasteiger charge is 2.22. The van der Waals surface area contributed by atoms with E-state index in [9.17, 15) is 4.79 Å². The molecule has 0 aromatic carbocycles. The monoisotopic (exact) mass is 348 g/mol. The number of hydrogen-bond donors (Lipinski definition) is 1. The van der Waals surface area contributed by atoms with E-state index in [2.05, 4.69) is 26.3 Å². The summed E-state index contributed by atoms with van der Waals surface area (Å²) in [6.07, 6.45) is 7.64. The largest absolute Gasteiger partial charge is 0.348 e. The summed E-state index contributed by atoms with van der Waals surface area (Å²) in [6, 6.07) is 4.32. The number of carbonyl (C=O) groups is 1. The first-order chi connectivity index (χ1) is 11.2. The highest BCUT2D eigenvalue weighted by molar-refractivity contribution is 8.00. The van der Waals surface area contributed by atoms with E-state index in [0.717, 1.165) is 36.8 Å². The Kier molecular flexibility index (Phi) is 5.64. The second-order valence-electron chi connectivity index (χ2n) is 5.59. The van der Waals surface area contributed by atoms with E-state index in [1.54, 1.807) is 18.0 Å². The van der Waals surface area contributed by atoms with Gasteiger partial charge in [-0.2, -0.15) is 0 Å². The van der Waals surface area contributed by atoms with E-state index < -0.39 is 0 Å². The normalized spacial score (nSPS) is 16.4. The van der Waals surface area contributed by atoms with Crippen LogP contribution in [0.25, 0.3) is 0 Å². The minimum atomic E-state index is -0.0488. The Balaban J connectivity index is 1.46. The van der Waals surface area contributed by atoms with E-state index in [-0.39, 0.29) is 11.9 Å². The molecule has 0 saturated carbocycles. The van der Waals surface area contributed by atoms with Crippen molar-refractivity contribution in [2.24, 2.45) is 0 Å². The zero-order valence-corrected chi connectivity index (χ0v) is 14.7. The van der Waals surface area contributed by atoms with Crippen molar-refractivity contribution in [3.8, 4) is 0 Å². The second kappa shape index (κ2) is 7.90. The van der Waals surface area contributed by atoms with Gasteiger partial charge in [0.1, 0.15) is 10.0 Å². The van der Waals surface area contributed by atoms with Crippen LogP contribution in [0, 0.1) is 0 Å². The lowest BCUT2D eigenvalue weighted by molar-refractivity contribution is 0.0904. The van der Waals surface area contributed by atoms with E-state index in [1.807, 2.05) is 23.9 Å². The van der Waals surface area contributed by atoms with Gasteiger partial charge >= 0.3 is 0 Å². The fraction of sp³-hybridized carbons (Fsp3) is 0.438. The maximum atomic E-state index is 12.2. The zero-order valence-electron chi connectivity index (χ0n) is 13.1. The molecular weight excluding hydrogens is 328 g/mol. The molecule has 3 heterocycles. The van der Waals surface area contributed by atoms with Gasteiger partial charge < -0.3 is 5.32 Å². The Hall–Kier alpha value is -1.44. The predicted octanol–water partition coefficient (Wildman–Crippen LogP) is 2.65. The summed E-state index contributed by atoms with van der Waals surface area (Å²) in [7, 11) is 0. The summed E-state index contributed by atoms with van der Waals surface area (Å²) in [6.45, 7) is 2.91. The molecule has 0 unspecified atom stereocenters. The lowest BCUT2D eigenvalue weighted by atomic mass is 10.0. The molecule has 3 rings (SSSR count). The van der Waals surface area contributed by atoms with Crippen molar-refractivity contribution in [2.75, 3.05) is 19.3 Å². The molecule has 1 aliphatic heterocycles. The van der Waals surface area contributed by atoms with Crippen molar-refractivity contribution < 1.29 is 4.79 Å². The van der Waals surface area contributed by atoms with Crippen LogP contribution < -0.4 is 5.32 Å². The number of thiazole rings is 1. The van der Waals surface area contributed by atoms with Crippen molar-refractivity contribution >= 4 is 29.0 Å². The van der Waals surface area contributed by atoms with Crippen LogP contribution in [0.15, 0.2) is 34.2 Å². The third-order valence-electron chi connectivity index (χ3n) is 3.94. The quantitative estimate of drug-likeness (QED) is 0.842. The fourth-order valence-corrected chi connectivity index (χ4v) is 3.94. The number of pyridine rings is 1. The number of rotatable bonds is 5. The maximum absolute atomic E-state index is 12.2. The molecule has 7 heteroatoms. The van der Waals surface area contributed by atoms with Gasteiger partial charge in [-0.05, 0) is 30.7 Å². The van der Waals surface area contributed by atoms with Gasteiger partial charge in [0.25, 0.3) is 5.91 Å². The smallest absolute Gasteiger partial charge is 0.271 e. The van der Waals surface area contributed by atoms with Crippen molar-refractivity contribution in [1.82, 2.24) is 20.2 Å². The van der Waals surface area contributed by atoms with Gasteiger partial charge in [-0.1, -0.05) is 17.8 Å². The third-order valence-corrected chi connectivity index (χ3v) is 5.81. The van der Waals surface area contributed by atoms with Crippen LogP contribution in [0.4, 0.5) is 0 Å². The highest BCUT2D eigenvalue weighted by atomic mass is 32.2. The Morgan fingerprint density at radius 3 is 2.96 bits per heavy atom. The second-order valence-corrected chi connectivity index (χ2v) is 7.50. The summed E-state index contributed by atoms with van der Waals surface area (Å²) >= 11 is 3.09. The number of piperidine rings is 1. The van der Waals surface area contributed by atoms with Gasteiger partial charge in [-0.15, -0.1) is 11.3 Å². The Morgan fingerprint density at radius 1 is 1.48 bits per heavy atom. The molecule has 5 nitrogen and oxygen atoms in total. The lowest BCUT2D eigenvalue weighted by Crippen LogP contribution is -2.44. The number of nitrogens with one attached hydrogen (secondary N) is 1. The third kappa shape index (κ3) is 4.53. The van der Waals surface area contributed by atoms with E-state index >= 15 is 0 Å². The van der Waals surface area contributed by atoms with Crippen LogP contribution in [0.5, 0.6) is 0 Å². The molecule has 0 aliphatic carbocycles. The first-order valence-corrected chi connectivity index (χ1v) is 9.76. The molecule has 1 aliphatic rings. The van der Waals surface area contributed by atoms with Crippen molar-refractivity contribution in [3.05, 3.63) is 41.2 Å². The van der Waals surface area contributed by atoms with Crippen molar-refractivity contribution in [2.45, 2.75) is 29.8 Å². The number of hydrogen-bond acceptors (Lipinski definition) is 6. The Bertz CT molecular complexity index is 639. The SMILES string of the molecule is CSc1nc(C(=O)NC2CCN(Cc3cccnc3)CC2)cs1. The van der Waals surface area contributed by atoms with Gasteiger partial charge in [0.2, 0.25) is 0 Å². The minimum absolute atomic E-state index is 0.0488. The van der Waals surface area contributed by atoms with Gasteiger partial charge in [-0.25, -0.2) is 4.98 Å². The minimum Gasteiger partial charge on any atom is -0.348 e. The van der Waals surface area contributed by atoms with Gasteiger partial charge in [0, 0.05) is 43.4 Å². The molecule has 1 amide bonds. The van der Waals surface area contributed by atoms with E-state index in [1.165, 1.54) is 16.9 Å². The van der Waals surface area contributed by atoms with Crippen LogP contribution >= 0.6 is 23.1 Å².